The Morgan fingerprint density at radius 2 is 1.97 bits per heavy atom. The summed E-state index contributed by atoms with van der Waals surface area (Å²) in [5.74, 6) is -3.79. The van der Waals surface area contributed by atoms with E-state index >= 15 is 0 Å². The van der Waals surface area contributed by atoms with E-state index in [2.05, 4.69) is 15.6 Å². The normalized spacial score (nSPS) is 12.6. The van der Waals surface area contributed by atoms with Crippen molar-refractivity contribution in [1.29, 1.82) is 10.7 Å². The minimum Gasteiger partial charge on any atom is -0.384 e. The zero-order valence-corrected chi connectivity index (χ0v) is 19.3. The fourth-order valence-electron chi connectivity index (χ4n) is 4.07. The quantitative estimate of drug-likeness (QED) is 0.317. The third kappa shape index (κ3) is 4.44. The molecule has 2 heterocycles. The molecule has 0 bridgehead atoms. The Morgan fingerprint density at radius 1 is 1.22 bits per heavy atom. The highest BCUT2D eigenvalue weighted by Gasteiger charge is 2.37. The molecule has 1 aliphatic heterocycles. The molecule has 3 amide bonds. The van der Waals surface area contributed by atoms with Crippen LogP contribution in [0.15, 0.2) is 48.5 Å². The van der Waals surface area contributed by atoms with Gasteiger partial charge in [-0.05, 0) is 53.1 Å². The van der Waals surface area contributed by atoms with Gasteiger partial charge in [0.25, 0.3) is 11.8 Å². The average molecular weight is 489 g/mol. The Labute approximate surface area is 205 Å². The molecule has 182 valence electrons. The highest BCUT2D eigenvalue weighted by Crippen LogP contribution is 2.38. The van der Waals surface area contributed by atoms with E-state index in [0.717, 1.165) is 6.92 Å². The van der Waals surface area contributed by atoms with Crippen molar-refractivity contribution in [3.63, 3.8) is 0 Å². The Hall–Kier alpha value is -4.85. The predicted molar refractivity (Wildman–Crippen MR) is 130 cm³/mol. The number of aromatic nitrogens is 1. The number of halogens is 2. The van der Waals surface area contributed by atoms with Gasteiger partial charge in [-0.15, -0.1) is 0 Å². The highest BCUT2D eigenvalue weighted by molar-refractivity contribution is 6.10. The summed E-state index contributed by atoms with van der Waals surface area (Å²) in [5, 5.41) is 22.3. The van der Waals surface area contributed by atoms with Crippen molar-refractivity contribution in [2.45, 2.75) is 19.4 Å². The van der Waals surface area contributed by atoms with E-state index in [4.69, 9.17) is 11.1 Å². The number of nitrogens with one attached hydrogen (secondary N) is 3. The van der Waals surface area contributed by atoms with Gasteiger partial charge in [0.15, 0.2) is 0 Å². The van der Waals surface area contributed by atoms with Crippen LogP contribution >= 0.6 is 0 Å². The molecule has 5 N–H and O–H groups in total. The number of anilines is 2. The minimum absolute atomic E-state index is 0.0588. The number of carbonyl (C=O) groups is 2. The van der Waals surface area contributed by atoms with Crippen LogP contribution in [0.3, 0.4) is 0 Å². The summed E-state index contributed by atoms with van der Waals surface area (Å²) in [6, 6.07) is 13.2. The maximum absolute atomic E-state index is 14.2. The number of hydrogen-bond acceptors (Lipinski definition) is 5. The monoisotopic (exact) mass is 489 g/mol. The first kappa shape index (κ1) is 24.3. The maximum Gasteiger partial charge on any atom is 0.320 e. The van der Waals surface area contributed by atoms with Crippen LogP contribution in [-0.4, -0.2) is 29.8 Å². The summed E-state index contributed by atoms with van der Waals surface area (Å²) in [6.45, 7) is 0.618. The van der Waals surface area contributed by atoms with Crippen molar-refractivity contribution in [3.8, 4) is 17.2 Å². The standard InChI is InChI=1S/C25H21F2N7O2/c1-25(26,27)19-5-3-4-16-18(19)12-34(23(16)35)21-10-14(9-20(32-21)33-24(36)31-2)17-8-13(11-28)6-7-15(17)22(29)30/h3-10H,12H2,1-2H3,(H3,29,30)(H2,31,32,33,36). The van der Waals surface area contributed by atoms with Gasteiger partial charge in [0.1, 0.15) is 17.5 Å². The molecule has 0 atom stereocenters. The van der Waals surface area contributed by atoms with Crippen molar-refractivity contribution in [2.24, 2.45) is 5.73 Å². The number of amides is 3. The lowest BCUT2D eigenvalue weighted by Gasteiger charge is -2.19. The maximum atomic E-state index is 14.2. The fraction of sp³-hybridized carbons (Fsp3) is 0.160. The van der Waals surface area contributed by atoms with E-state index in [9.17, 15) is 23.6 Å². The smallest absolute Gasteiger partial charge is 0.320 e. The third-order valence-electron chi connectivity index (χ3n) is 5.75. The molecule has 3 aromatic rings. The summed E-state index contributed by atoms with van der Waals surface area (Å²) >= 11 is 0. The first-order chi connectivity index (χ1) is 17.0. The molecule has 11 heteroatoms. The number of nitrogen functional groups attached to an aromatic ring is 1. The molecular weight excluding hydrogens is 468 g/mol. The number of benzene rings is 2. The molecule has 0 saturated carbocycles. The summed E-state index contributed by atoms with van der Waals surface area (Å²) in [5.41, 5.74) is 7.25. The summed E-state index contributed by atoms with van der Waals surface area (Å²) in [6.07, 6.45) is 0. The Morgan fingerprint density at radius 3 is 2.61 bits per heavy atom. The molecule has 0 saturated heterocycles. The number of nitrogens with two attached hydrogens (primary N) is 1. The van der Waals surface area contributed by atoms with Crippen LogP contribution in [0, 0.1) is 16.7 Å². The van der Waals surface area contributed by atoms with Gasteiger partial charge in [0, 0.05) is 30.7 Å². The van der Waals surface area contributed by atoms with Gasteiger partial charge in [-0.1, -0.05) is 12.1 Å². The van der Waals surface area contributed by atoms with Gasteiger partial charge in [-0.3, -0.25) is 20.4 Å². The lowest BCUT2D eigenvalue weighted by atomic mass is 9.97. The van der Waals surface area contributed by atoms with E-state index in [1.807, 2.05) is 6.07 Å². The third-order valence-corrected chi connectivity index (χ3v) is 5.75. The van der Waals surface area contributed by atoms with Crippen LogP contribution in [0.5, 0.6) is 0 Å². The summed E-state index contributed by atoms with van der Waals surface area (Å²) in [4.78, 5) is 30.8. The number of pyridine rings is 1. The second-order valence-corrected chi connectivity index (χ2v) is 8.20. The number of alkyl halides is 2. The van der Waals surface area contributed by atoms with Gasteiger partial charge < -0.3 is 11.1 Å². The van der Waals surface area contributed by atoms with Crippen LogP contribution in [0.1, 0.15) is 39.5 Å². The summed E-state index contributed by atoms with van der Waals surface area (Å²) < 4.78 is 28.5. The highest BCUT2D eigenvalue weighted by atomic mass is 19.3. The van der Waals surface area contributed by atoms with Gasteiger partial charge in [-0.2, -0.15) is 5.26 Å². The summed E-state index contributed by atoms with van der Waals surface area (Å²) in [7, 11) is 1.41. The number of fused-ring (bicyclic) bond motifs is 1. The van der Waals surface area contributed by atoms with Crippen LogP contribution in [0.25, 0.3) is 11.1 Å². The zero-order valence-electron chi connectivity index (χ0n) is 19.3. The van der Waals surface area contributed by atoms with E-state index in [1.54, 1.807) is 0 Å². The van der Waals surface area contributed by atoms with E-state index in [1.165, 1.54) is 60.5 Å². The Bertz CT molecular complexity index is 1460. The van der Waals surface area contributed by atoms with Gasteiger partial charge in [0.05, 0.1) is 18.2 Å². The molecular formula is C25H21F2N7O2. The van der Waals surface area contributed by atoms with Gasteiger partial charge in [0.2, 0.25) is 0 Å². The van der Waals surface area contributed by atoms with Crippen LogP contribution in [0.2, 0.25) is 0 Å². The molecule has 0 spiro atoms. The second-order valence-electron chi connectivity index (χ2n) is 8.20. The van der Waals surface area contributed by atoms with E-state index in [-0.39, 0.29) is 40.7 Å². The average Bonchev–Trinajstić information content (AvgIpc) is 3.19. The minimum atomic E-state index is -3.16. The number of amidine groups is 1. The Balaban J connectivity index is 1.89. The van der Waals surface area contributed by atoms with Crippen molar-refractivity contribution in [3.05, 3.63) is 76.3 Å². The van der Waals surface area contributed by atoms with Crippen LogP contribution < -0.4 is 21.3 Å². The van der Waals surface area contributed by atoms with Crippen molar-refractivity contribution in [1.82, 2.24) is 10.3 Å². The van der Waals surface area contributed by atoms with Crippen molar-refractivity contribution in [2.75, 3.05) is 17.3 Å². The first-order valence-electron chi connectivity index (χ1n) is 10.7. The first-order valence-corrected chi connectivity index (χ1v) is 10.7. The van der Waals surface area contributed by atoms with E-state index in [0.29, 0.717) is 22.3 Å². The molecule has 1 aromatic heterocycles. The topological polar surface area (TPSA) is 148 Å². The SMILES string of the molecule is CNC(=O)Nc1cc(-c2cc(C#N)ccc2C(=N)N)cc(N2Cc3c(cccc3C(C)(F)F)C2=O)n1. The Kier molecular flexibility index (Phi) is 6.12. The molecule has 0 unspecified atom stereocenters. The number of nitrogens with zero attached hydrogens (tertiary/aromatic N) is 3. The lowest BCUT2D eigenvalue weighted by Crippen LogP contribution is -2.27. The molecule has 0 aliphatic carbocycles. The van der Waals surface area contributed by atoms with E-state index < -0.39 is 17.9 Å². The lowest BCUT2D eigenvalue weighted by molar-refractivity contribution is 0.0166. The molecule has 0 fully saturated rings. The fourth-order valence-corrected chi connectivity index (χ4v) is 4.07. The number of nitriles is 1. The molecule has 36 heavy (non-hydrogen) atoms. The zero-order chi connectivity index (χ0) is 26.2. The number of carbonyl (C=O) groups excluding carboxylic acids is 2. The van der Waals surface area contributed by atoms with Crippen LogP contribution in [0.4, 0.5) is 25.2 Å². The largest absolute Gasteiger partial charge is 0.384 e. The molecule has 9 nitrogen and oxygen atoms in total. The number of rotatable bonds is 5. The number of urea groups is 1. The predicted octanol–water partition coefficient (Wildman–Crippen LogP) is 3.93. The van der Waals surface area contributed by atoms with Crippen molar-refractivity contribution >= 4 is 29.4 Å². The van der Waals surface area contributed by atoms with Gasteiger partial charge >= 0.3 is 6.03 Å². The van der Waals surface area contributed by atoms with Gasteiger partial charge in [-0.25, -0.2) is 18.6 Å². The molecule has 2 aromatic carbocycles. The second kappa shape index (κ2) is 9.07. The molecule has 1 aliphatic rings. The number of hydrogen-bond donors (Lipinski definition) is 4. The molecule has 0 radical (unpaired) electrons. The van der Waals surface area contributed by atoms with Crippen molar-refractivity contribution < 1.29 is 18.4 Å². The van der Waals surface area contributed by atoms with Crippen LogP contribution in [-0.2, 0) is 12.5 Å². The molecule has 4 rings (SSSR count).